The van der Waals surface area contributed by atoms with Crippen molar-refractivity contribution >= 4 is 10.0 Å². The van der Waals surface area contributed by atoms with Crippen LogP contribution < -0.4 is 9.46 Å². The molecular formula is C12H14F3NO3S. The molecule has 0 unspecified atom stereocenters. The number of benzene rings is 1. The van der Waals surface area contributed by atoms with Crippen molar-refractivity contribution in [3.05, 3.63) is 24.3 Å². The maximum Gasteiger partial charge on any atom is 0.573 e. The van der Waals surface area contributed by atoms with Gasteiger partial charge in [-0.15, -0.1) is 13.2 Å². The van der Waals surface area contributed by atoms with Crippen LogP contribution in [0, 0.1) is 0 Å². The molecule has 112 valence electrons. The number of halogens is 3. The molecule has 1 fully saturated rings. The number of nitrogens with one attached hydrogen (secondary N) is 1. The lowest BCUT2D eigenvalue weighted by Gasteiger charge is -2.14. The lowest BCUT2D eigenvalue weighted by Crippen LogP contribution is -2.32. The fourth-order valence-electron chi connectivity index (χ4n) is 2.17. The molecule has 0 amide bonds. The molecule has 0 spiro atoms. The minimum atomic E-state index is -4.85. The van der Waals surface area contributed by atoms with Crippen LogP contribution in [0.15, 0.2) is 29.2 Å². The van der Waals surface area contributed by atoms with E-state index in [1.165, 1.54) is 12.1 Å². The van der Waals surface area contributed by atoms with E-state index in [-0.39, 0.29) is 10.9 Å². The lowest BCUT2D eigenvalue weighted by molar-refractivity contribution is -0.274. The molecule has 0 saturated heterocycles. The molecule has 0 aliphatic heterocycles. The van der Waals surface area contributed by atoms with E-state index in [0.717, 1.165) is 37.8 Å². The van der Waals surface area contributed by atoms with Crippen molar-refractivity contribution in [2.75, 3.05) is 0 Å². The van der Waals surface area contributed by atoms with Gasteiger partial charge < -0.3 is 4.74 Å². The zero-order valence-corrected chi connectivity index (χ0v) is 11.3. The normalized spacial score (nSPS) is 17.4. The summed E-state index contributed by atoms with van der Waals surface area (Å²) in [4.78, 5) is -0.230. The highest BCUT2D eigenvalue weighted by molar-refractivity contribution is 7.89. The van der Waals surface area contributed by atoms with Crippen molar-refractivity contribution in [3.63, 3.8) is 0 Å². The van der Waals surface area contributed by atoms with E-state index in [9.17, 15) is 21.6 Å². The minimum Gasteiger partial charge on any atom is -0.406 e. The highest BCUT2D eigenvalue weighted by Gasteiger charge is 2.31. The molecule has 0 radical (unpaired) electrons. The average molecular weight is 309 g/mol. The van der Waals surface area contributed by atoms with Gasteiger partial charge in [0.1, 0.15) is 5.75 Å². The molecule has 0 bridgehead atoms. The van der Waals surface area contributed by atoms with Gasteiger partial charge in [-0.3, -0.25) is 0 Å². The summed E-state index contributed by atoms with van der Waals surface area (Å²) in [5, 5.41) is 0. The summed E-state index contributed by atoms with van der Waals surface area (Å²) in [5.74, 6) is -0.549. The first-order valence-electron chi connectivity index (χ1n) is 6.14. The SMILES string of the molecule is O=S(=O)(NC1CCCC1)c1cccc(OC(F)(F)F)c1. The van der Waals surface area contributed by atoms with E-state index >= 15 is 0 Å². The summed E-state index contributed by atoms with van der Waals surface area (Å²) >= 11 is 0. The fourth-order valence-corrected chi connectivity index (χ4v) is 3.51. The minimum absolute atomic E-state index is 0.146. The predicted octanol–water partition coefficient (Wildman–Crippen LogP) is 2.81. The van der Waals surface area contributed by atoms with Gasteiger partial charge in [0, 0.05) is 12.1 Å². The summed E-state index contributed by atoms with van der Waals surface area (Å²) in [5.41, 5.74) is 0. The number of hydrogen-bond donors (Lipinski definition) is 1. The predicted molar refractivity (Wildman–Crippen MR) is 65.7 cm³/mol. The van der Waals surface area contributed by atoms with E-state index in [2.05, 4.69) is 9.46 Å². The molecule has 0 aromatic heterocycles. The highest BCUT2D eigenvalue weighted by Crippen LogP contribution is 2.26. The largest absolute Gasteiger partial charge is 0.573 e. The van der Waals surface area contributed by atoms with Crippen molar-refractivity contribution in [2.45, 2.75) is 43.0 Å². The number of ether oxygens (including phenoxy) is 1. The third kappa shape index (κ3) is 4.11. The summed E-state index contributed by atoms with van der Waals surface area (Å²) in [7, 11) is -3.82. The maximum absolute atomic E-state index is 12.1. The molecule has 0 heterocycles. The van der Waals surface area contributed by atoms with Crippen LogP contribution in [0.2, 0.25) is 0 Å². The Morgan fingerprint density at radius 2 is 1.85 bits per heavy atom. The number of alkyl halides is 3. The molecule has 1 aromatic rings. The van der Waals surface area contributed by atoms with Gasteiger partial charge in [-0.2, -0.15) is 0 Å². The quantitative estimate of drug-likeness (QED) is 0.930. The van der Waals surface area contributed by atoms with E-state index in [0.29, 0.717) is 0 Å². The molecule has 1 aromatic carbocycles. The molecular weight excluding hydrogens is 295 g/mol. The Balaban J connectivity index is 2.16. The van der Waals surface area contributed by atoms with E-state index in [1.54, 1.807) is 0 Å². The number of sulfonamides is 1. The third-order valence-corrected chi connectivity index (χ3v) is 4.54. The first kappa shape index (κ1) is 15.1. The molecule has 1 saturated carbocycles. The Labute approximate surface area is 115 Å². The van der Waals surface area contributed by atoms with Gasteiger partial charge in [-0.05, 0) is 25.0 Å². The molecule has 1 aliphatic rings. The van der Waals surface area contributed by atoms with Crippen LogP contribution in [0.4, 0.5) is 13.2 Å². The van der Waals surface area contributed by atoms with Crippen LogP contribution in [0.3, 0.4) is 0 Å². The van der Waals surface area contributed by atoms with Crippen LogP contribution in [0.25, 0.3) is 0 Å². The van der Waals surface area contributed by atoms with Crippen LogP contribution in [0.5, 0.6) is 5.75 Å². The summed E-state index contributed by atoms with van der Waals surface area (Å²) in [6.07, 6.45) is -1.45. The zero-order valence-electron chi connectivity index (χ0n) is 10.5. The molecule has 2 rings (SSSR count). The molecule has 4 nitrogen and oxygen atoms in total. The summed E-state index contributed by atoms with van der Waals surface area (Å²) < 4.78 is 66.7. The van der Waals surface area contributed by atoms with E-state index in [4.69, 9.17) is 0 Å². The van der Waals surface area contributed by atoms with Crippen LogP contribution in [-0.2, 0) is 10.0 Å². The van der Waals surface area contributed by atoms with Gasteiger partial charge in [0.25, 0.3) is 0 Å². The Morgan fingerprint density at radius 1 is 1.20 bits per heavy atom. The molecule has 1 N–H and O–H groups in total. The topological polar surface area (TPSA) is 55.4 Å². The third-order valence-electron chi connectivity index (χ3n) is 3.03. The monoisotopic (exact) mass is 309 g/mol. The molecule has 20 heavy (non-hydrogen) atoms. The van der Waals surface area contributed by atoms with Gasteiger partial charge in [0.15, 0.2) is 0 Å². The van der Waals surface area contributed by atoms with Gasteiger partial charge in [0.05, 0.1) is 4.90 Å². The first-order chi connectivity index (χ1) is 9.26. The standard InChI is InChI=1S/C12H14F3NO3S/c13-12(14,15)19-10-6-3-7-11(8-10)20(17,18)16-9-4-1-2-5-9/h3,6-9,16H,1-2,4-5H2. The van der Waals surface area contributed by atoms with Crippen molar-refractivity contribution in [3.8, 4) is 5.75 Å². The Hall–Kier alpha value is -1.28. The van der Waals surface area contributed by atoms with Gasteiger partial charge in [-0.1, -0.05) is 18.9 Å². The Kier molecular flexibility index (Phi) is 4.24. The Bertz CT molecular complexity index is 566. The second-order valence-corrected chi connectivity index (χ2v) is 6.34. The van der Waals surface area contributed by atoms with Gasteiger partial charge >= 0.3 is 6.36 Å². The van der Waals surface area contributed by atoms with E-state index < -0.39 is 22.1 Å². The van der Waals surface area contributed by atoms with Crippen LogP contribution in [-0.4, -0.2) is 20.8 Å². The molecule has 1 aliphatic carbocycles. The number of rotatable bonds is 4. The molecule has 0 atom stereocenters. The lowest BCUT2D eigenvalue weighted by atomic mass is 10.3. The van der Waals surface area contributed by atoms with E-state index in [1.807, 2.05) is 0 Å². The fraction of sp³-hybridized carbons (Fsp3) is 0.500. The van der Waals surface area contributed by atoms with Crippen molar-refractivity contribution in [1.29, 1.82) is 0 Å². The van der Waals surface area contributed by atoms with Crippen LogP contribution in [0.1, 0.15) is 25.7 Å². The smallest absolute Gasteiger partial charge is 0.406 e. The summed E-state index contributed by atoms with van der Waals surface area (Å²) in [6, 6.07) is 4.23. The van der Waals surface area contributed by atoms with Crippen molar-refractivity contribution in [1.82, 2.24) is 4.72 Å². The second-order valence-electron chi connectivity index (χ2n) is 4.63. The highest BCUT2D eigenvalue weighted by atomic mass is 32.2. The van der Waals surface area contributed by atoms with Crippen molar-refractivity contribution < 1.29 is 26.3 Å². The van der Waals surface area contributed by atoms with Gasteiger partial charge in [0.2, 0.25) is 10.0 Å². The summed E-state index contributed by atoms with van der Waals surface area (Å²) in [6.45, 7) is 0. The zero-order chi connectivity index (χ0) is 14.8. The number of hydrogen-bond acceptors (Lipinski definition) is 3. The van der Waals surface area contributed by atoms with Crippen molar-refractivity contribution in [2.24, 2.45) is 0 Å². The average Bonchev–Trinajstić information content (AvgIpc) is 2.79. The first-order valence-corrected chi connectivity index (χ1v) is 7.63. The molecule has 8 heteroatoms. The Morgan fingerprint density at radius 3 is 2.45 bits per heavy atom. The van der Waals surface area contributed by atoms with Gasteiger partial charge in [-0.25, -0.2) is 13.1 Å². The van der Waals surface area contributed by atoms with Crippen LogP contribution >= 0.6 is 0 Å². The second kappa shape index (κ2) is 5.61. The maximum atomic E-state index is 12.1.